The van der Waals surface area contributed by atoms with Gasteiger partial charge in [-0.15, -0.1) is 0 Å². The van der Waals surface area contributed by atoms with Gasteiger partial charge >= 0.3 is 6.18 Å². The van der Waals surface area contributed by atoms with Gasteiger partial charge < -0.3 is 14.0 Å². The third-order valence-electron chi connectivity index (χ3n) is 5.08. The fourth-order valence-corrected chi connectivity index (χ4v) is 3.30. The van der Waals surface area contributed by atoms with Gasteiger partial charge in [0.1, 0.15) is 29.8 Å². The van der Waals surface area contributed by atoms with Crippen LogP contribution in [0, 0.1) is 17.1 Å². The van der Waals surface area contributed by atoms with Crippen LogP contribution in [0.25, 0.3) is 0 Å². The monoisotopic (exact) mass is 488 g/mol. The second-order valence-corrected chi connectivity index (χ2v) is 7.55. The molecule has 1 heterocycles. The fraction of sp³-hybridized carbons (Fsp3) is 0.240. The highest BCUT2D eigenvalue weighted by Gasteiger charge is 2.30. The Labute approximate surface area is 197 Å². The minimum absolute atomic E-state index is 0.00746. The quantitative estimate of drug-likeness (QED) is 0.247. The van der Waals surface area contributed by atoms with Crippen LogP contribution < -0.4 is 10.3 Å². The van der Waals surface area contributed by atoms with Gasteiger partial charge in [-0.25, -0.2) is 4.39 Å². The molecule has 0 atom stereocenters. The van der Waals surface area contributed by atoms with Crippen LogP contribution in [0.1, 0.15) is 39.0 Å². The predicted octanol–water partition coefficient (Wildman–Crippen LogP) is 4.72. The number of carbonyl (C=O) groups is 1. The van der Waals surface area contributed by atoms with Gasteiger partial charge in [-0.05, 0) is 48.4 Å². The molecular formula is C25H20F4N2O4. The number of aromatic nitrogens is 1. The van der Waals surface area contributed by atoms with E-state index in [1.165, 1.54) is 36.1 Å². The summed E-state index contributed by atoms with van der Waals surface area (Å²) < 4.78 is 64.1. The van der Waals surface area contributed by atoms with Gasteiger partial charge in [0.2, 0.25) is 0 Å². The van der Waals surface area contributed by atoms with E-state index in [1.807, 2.05) is 0 Å². The molecule has 0 saturated heterocycles. The molecule has 2 aromatic carbocycles. The molecule has 6 nitrogen and oxygen atoms in total. The Morgan fingerprint density at radius 2 is 1.83 bits per heavy atom. The third-order valence-corrected chi connectivity index (χ3v) is 5.08. The third kappa shape index (κ3) is 6.33. The van der Waals surface area contributed by atoms with Crippen molar-refractivity contribution >= 4 is 5.78 Å². The number of carbonyl (C=O) groups excluding carboxylic acids is 1. The first-order valence-corrected chi connectivity index (χ1v) is 10.4. The van der Waals surface area contributed by atoms with E-state index in [0.29, 0.717) is 18.6 Å². The summed E-state index contributed by atoms with van der Waals surface area (Å²) in [5.74, 6) is -1.42. The number of nitrogens with zero attached hydrogens (tertiary/aromatic N) is 2. The zero-order valence-electron chi connectivity index (χ0n) is 18.6. The van der Waals surface area contributed by atoms with E-state index in [1.54, 1.807) is 6.07 Å². The minimum Gasteiger partial charge on any atom is -0.488 e. The first-order chi connectivity index (χ1) is 16.6. The van der Waals surface area contributed by atoms with Crippen LogP contribution in [0.4, 0.5) is 17.6 Å². The van der Waals surface area contributed by atoms with E-state index in [0.717, 1.165) is 30.3 Å². The molecule has 1 aromatic heterocycles. The molecule has 0 unspecified atom stereocenters. The topological polar surface area (TPSA) is 81.3 Å². The average Bonchev–Trinajstić information content (AvgIpc) is 2.83. The number of benzene rings is 2. The average molecular weight is 488 g/mol. The lowest BCUT2D eigenvalue weighted by Crippen LogP contribution is -2.24. The molecule has 182 valence electrons. The highest BCUT2D eigenvalue weighted by Crippen LogP contribution is 2.29. The maximum Gasteiger partial charge on any atom is 0.416 e. The smallest absolute Gasteiger partial charge is 0.416 e. The zero-order valence-corrected chi connectivity index (χ0v) is 18.6. The number of rotatable bonds is 9. The van der Waals surface area contributed by atoms with Crippen molar-refractivity contribution in [1.29, 1.82) is 5.26 Å². The highest BCUT2D eigenvalue weighted by molar-refractivity contribution is 6.10. The molecule has 0 spiro atoms. The summed E-state index contributed by atoms with van der Waals surface area (Å²) in [6.45, 7) is 0.380. The second-order valence-electron chi connectivity index (χ2n) is 7.55. The minimum atomic E-state index is -4.47. The van der Waals surface area contributed by atoms with Gasteiger partial charge in [-0.1, -0.05) is 12.1 Å². The number of ketones is 1. The summed E-state index contributed by atoms with van der Waals surface area (Å²) in [6, 6.07) is 10.4. The first kappa shape index (κ1) is 25.6. The Morgan fingerprint density at radius 3 is 2.46 bits per heavy atom. The number of nitriles is 1. The van der Waals surface area contributed by atoms with Crippen molar-refractivity contribution < 1.29 is 31.8 Å². The summed E-state index contributed by atoms with van der Waals surface area (Å²) in [6.07, 6.45) is -2.73. The fourth-order valence-electron chi connectivity index (χ4n) is 3.30. The van der Waals surface area contributed by atoms with Gasteiger partial charge in [0.15, 0.2) is 5.78 Å². The molecule has 0 N–H and O–H groups in total. The molecule has 35 heavy (non-hydrogen) atoms. The summed E-state index contributed by atoms with van der Waals surface area (Å²) in [5.41, 5.74) is -1.42. The van der Waals surface area contributed by atoms with Gasteiger partial charge in [0.25, 0.3) is 5.56 Å². The van der Waals surface area contributed by atoms with Crippen LogP contribution in [0.3, 0.4) is 0 Å². The van der Waals surface area contributed by atoms with Crippen LogP contribution in [-0.4, -0.2) is 24.1 Å². The molecule has 0 fully saturated rings. The van der Waals surface area contributed by atoms with Crippen molar-refractivity contribution in [2.75, 3.05) is 13.7 Å². The zero-order chi connectivity index (χ0) is 25.6. The number of ether oxygens (including phenoxy) is 2. The van der Waals surface area contributed by atoms with Gasteiger partial charge in [-0.3, -0.25) is 9.59 Å². The first-order valence-electron chi connectivity index (χ1n) is 10.4. The standard InChI is InChI=1S/C25H20F4N2O4/c1-34-10-2-9-31-14-18(11-17(13-30)24(31)33)23(32)21-12-20(26)7-8-22(21)35-15-16-3-5-19(6-4-16)25(27,28)29/h3-8,11-12,14H,2,9-10,15H2,1H3. The Kier molecular flexibility index (Phi) is 8.04. The SMILES string of the molecule is COCCCn1cc(C(=O)c2cc(F)ccc2OCc2ccc(C(F)(F)F)cc2)cc(C#N)c1=O. The number of hydrogen-bond donors (Lipinski definition) is 0. The second kappa shape index (κ2) is 11.0. The number of alkyl halides is 3. The van der Waals surface area contributed by atoms with E-state index in [4.69, 9.17) is 9.47 Å². The van der Waals surface area contributed by atoms with E-state index < -0.39 is 28.9 Å². The lowest BCUT2D eigenvalue weighted by Gasteiger charge is -2.13. The number of hydrogen-bond acceptors (Lipinski definition) is 5. The lowest BCUT2D eigenvalue weighted by molar-refractivity contribution is -0.137. The summed E-state index contributed by atoms with van der Waals surface area (Å²) in [7, 11) is 1.50. The van der Waals surface area contributed by atoms with Crippen LogP contribution in [0.15, 0.2) is 59.5 Å². The van der Waals surface area contributed by atoms with Crippen molar-refractivity contribution in [3.63, 3.8) is 0 Å². The number of pyridine rings is 1. The van der Waals surface area contributed by atoms with E-state index in [2.05, 4.69) is 0 Å². The van der Waals surface area contributed by atoms with Crippen LogP contribution in [0.2, 0.25) is 0 Å². The lowest BCUT2D eigenvalue weighted by atomic mass is 10.0. The van der Waals surface area contributed by atoms with Crippen molar-refractivity contribution in [2.45, 2.75) is 25.7 Å². The van der Waals surface area contributed by atoms with Gasteiger partial charge in [0, 0.05) is 32.0 Å². The largest absolute Gasteiger partial charge is 0.488 e. The van der Waals surface area contributed by atoms with Gasteiger partial charge in [0.05, 0.1) is 11.1 Å². The van der Waals surface area contributed by atoms with Crippen LogP contribution in [0.5, 0.6) is 5.75 Å². The Bertz CT molecular complexity index is 1310. The molecular weight excluding hydrogens is 468 g/mol. The highest BCUT2D eigenvalue weighted by atomic mass is 19.4. The van der Waals surface area contributed by atoms with Gasteiger partial charge in [-0.2, -0.15) is 18.4 Å². The Balaban J connectivity index is 1.89. The maximum atomic E-state index is 14.0. The summed E-state index contributed by atoms with van der Waals surface area (Å²) in [5, 5.41) is 9.32. The summed E-state index contributed by atoms with van der Waals surface area (Å²) in [4.78, 5) is 25.6. The van der Waals surface area contributed by atoms with Crippen molar-refractivity contribution in [3.05, 3.63) is 98.7 Å². The molecule has 0 saturated carbocycles. The number of methoxy groups -OCH3 is 1. The van der Waals surface area contributed by atoms with Crippen molar-refractivity contribution in [3.8, 4) is 11.8 Å². The molecule has 10 heteroatoms. The number of aryl methyl sites for hydroxylation is 1. The van der Waals surface area contributed by atoms with Crippen LogP contribution in [-0.2, 0) is 24.1 Å². The molecule has 0 aliphatic heterocycles. The molecule has 0 aliphatic rings. The van der Waals surface area contributed by atoms with Crippen LogP contribution >= 0.6 is 0 Å². The normalized spacial score (nSPS) is 11.2. The molecule has 3 rings (SSSR count). The van der Waals surface area contributed by atoms with Crippen molar-refractivity contribution in [2.24, 2.45) is 0 Å². The van der Waals surface area contributed by atoms with Crippen molar-refractivity contribution in [1.82, 2.24) is 4.57 Å². The van der Waals surface area contributed by atoms with E-state index in [9.17, 15) is 32.4 Å². The molecule has 0 amide bonds. The Morgan fingerprint density at radius 1 is 1.11 bits per heavy atom. The van der Waals surface area contributed by atoms with E-state index in [-0.39, 0.29) is 35.6 Å². The molecule has 0 bridgehead atoms. The van der Waals surface area contributed by atoms with E-state index >= 15 is 0 Å². The summed E-state index contributed by atoms with van der Waals surface area (Å²) >= 11 is 0. The number of halogens is 4. The maximum absolute atomic E-state index is 14.0. The Hall–Kier alpha value is -3.97. The predicted molar refractivity (Wildman–Crippen MR) is 118 cm³/mol. The molecule has 0 aliphatic carbocycles. The molecule has 3 aromatic rings. The molecule has 0 radical (unpaired) electrons.